The number of hydrogen-bond acceptors (Lipinski definition) is 3. The van der Waals surface area contributed by atoms with Gasteiger partial charge in [-0.25, -0.2) is 4.39 Å². The average molecular weight is 352 g/mol. The van der Waals surface area contributed by atoms with Crippen LogP contribution in [0.25, 0.3) is 0 Å². The van der Waals surface area contributed by atoms with Crippen LogP contribution in [0.3, 0.4) is 0 Å². The molecule has 0 radical (unpaired) electrons. The Bertz CT molecular complexity index is 721. The van der Waals surface area contributed by atoms with Crippen molar-refractivity contribution in [1.29, 1.82) is 0 Å². The average Bonchev–Trinajstić information content (AvgIpc) is 2.55. The molecule has 0 atom stereocenters. The van der Waals surface area contributed by atoms with Crippen molar-refractivity contribution in [3.63, 3.8) is 0 Å². The molecule has 0 fully saturated rings. The van der Waals surface area contributed by atoms with Gasteiger partial charge in [0.15, 0.2) is 11.5 Å². The predicted molar refractivity (Wildman–Crippen MR) is 91.4 cm³/mol. The second-order valence-corrected chi connectivity index (χ2v) is 5.39. The molecular formula is C18H19ClFNO3. The van der Waals surface area contributed by atoms with E-state index in [1.165, 1.54) is 12.1 Å². The monoisotopic (exact) mass is 351 g/mol. The van der Waals surface area contributed by atoms with E-state index in [0.717, 1.165) is 11.6 Å². The van der Waals surface area contributed by atoms with Crippen LogP contribution in [0.15, 0.2) is 36.4 Å². The number of hydrogen-bond donors (Lipinski definition) is 1. The summed E-state index contributed by atoms with van der Waals surface area (Å²) < 4.78 is 24.8. The molecule has 0 aliphatic heterocycles. The molecule has 0 saturated carbocycles. The second-order valence-electron chi connectivity index (χ2n) is 4.95. The van der Waals surface area contributed by atoms with E-state index in [9.17, 15) is 9.18 Å². The van der Waals surface area contributed by atoms with E-state index in [-0.39, 0.29) is 17.1 Å². The number of halogens is 2. The van der Waals surface area contributed by atoms with Crippen molar-refractivity contribution in [2.45, 2.75) is 20.4 Å². The van der Waals surface area contributed by atoms with Crippen molar-refractivity contribution in [2.75, 3.05) is 13.2 Å². The van der Waals surface area contributed by atoms with E-state index in [0.29, 0.717) is 24.7 Å². The molecule has 2 aromatic rings. The van der Waals surface area contributed by atoms with Crippen molar-refractivity contribution in [3.8, 4) is 11.5 Å². The molecule has 0 spiro atoms. The van der Waals surface area contributed by atoms with Crippen molar-refractivity contribution in [1.82, 2.24) is 5.32 Å². The maximum atomic E-state index is 13.7. The second kappa shape index (κ2) is 8.55. The highest BCUT2D eigenvalue weighted by molar-refractivity contribution is 6.30. The fraction of sp³-hybridized carbons (Fsp3) is 0.278. The van der Waals surface area contributed by atoms with Crippen LogP contribution in [-0.4, -0.2) is 19.1 Å². The summed E-state index contributed by atoms with van der Waals surface area (Å²) in [4.78, 5) is 12.1. The lowest BCUT2D eigenvalue weighted by atomic mass is 10.1. The number of carbonyl (C=O) groups excluding carboxylic acids is 1. The third kappa shape index (κ3) is 4.61. The van der Waals surface area contributed by atoms with Gasteiger partial charge in [-0.3, -0.25) is 4.79 Å². The summed E-state index contributed by atoms with van der Waals surface area (Å²) >= 11 is 5.68. The number of carbonyl (C=O) groups is 1. The van der Waals surface area contributed by atoms with E-state index in [1.54, 1.807) is 12.1 Å². The van der Waals surface area contributed by atoms with Gasteiger partial charge < -0.3 is 14.8 Å². The van der Waals surface area contributed by atoms with Crippen LogP contribution >= 0.6 is 11.6 Å². The molecule has 0 unspecified atom stereocenters. The zero-order valence-electron chi connectivity index (χ0n) is 13.6. The first kappa shape index (κ1) is 18.1. The van der Waals surface area contributed by atoms with Crippen LogP contribution in [0, 0.1) is 5.82 Å². The molecular weight excluding hydrogens is 333 g/mol. The Morgan fingerprint density at radius 1 is 1.08 bits per heavy atom. The highest BCUT2D eigenvalue weighted by atomic mass is 35.5. The molecule has 0 aliphatic rings. The van der Waals surface area contributed by atoms with Crippen LogP contribution in [-0.2, 0) is 6.54 Å². The lowest BCUT2D eigenvalue weighted by Gasteiger charge is -2.13. The standard InChI is InChI=1S/C18H19ClFNO3/c1-3-23-16-8-5-12(9-17(16)24-4-2)11-21-18(22)14-7-6-13(19)10-15(14)20/h5-10H,3-4,11H2,1-2H3,(H,21,22). The summed E-state index contributed by atoms with van der Waals surface area (Å²) in [6, 6.07) is 9.36. The predicted octanol–water partition coefficient (Wildman–Crippen LogP) is 4.21. The van der Waals surface area contributed by atoms with Gasteiger partial charge in [0.05, 0.1) is 18.8 Å². The molecule has 1 N–H and O–H groups in total. The third-order valence-electron chi connectivity index (χ3n) is 3.24. The van der Waals surface area contributed by atoms with Gasteiger partial charge in [-0.2, -0.15) is 0 Å². The molecule has 24 heavy (non-hydrogen) atoms. The molecule has 1 amide bonds. The van der Waals surface area contributed by atoms with Crippen molar-refractivity contribution < 1.29 is 18.7 Å². The number of benzene rings is 2. The van der Waals surface area contributed by atoms with E-state index < -0.39 is 11.7 Å². The lowest BCUT2D eigenvalue weighted by Crippen LogP contribution is -2.23. The van der Waals surface area contributed by atoms with Crippen LogP contribution in [0.1, 0.15) is 29.8 Å². The minimum atomic E-state index is -0.651. The topological polar surface area (TPSA) is 47.6 Å². The highest BCUT2D eigenvalue weighted by Gasteiger charge is 2.12. The summed E-state index contributed by atoms with van der Waals surface area (Å²) in [6.45, 7) is 5.06. The van der Waals surface area contributed by atoms with E-state index in [4.69, 9.17) is 21.1 Å². The third-order valence-corrected chi connectivity index (χ3v) is 3.47. The smallest absolute Gasteiger partial charge is 0.254 e. The van der Waals surface area contributed by atoms with Crippen molar-refractivity contribution in [3.05, 3.63) is 58.4 Å². The molecule has 0 bridgehead atoms. The SMILES string of the molecule is CCOc1ccc(CNC(=O)c2ccc(Cl)cc2F)cc1OCC. The van der Waals surface area contributed by atoms with Gasteiger partial charge in [0.25, 0.3) is 5.91 Å². The van der Waals surface area contributed by atoms with Crippen LogP contribution in [0.5, 0.6) is 11.5 Å². The summed E-state index contributed by atoms with van der Waals surface area (Å²) in [5.41, 5.74) is 0.778. The van der Waals surface area contributed by atoms with Crippen LogP contribution in [0.2, 0.25) is 5.02 Å². The Morgan fingerprint density at radius 2 is 1.79 bits per heavy atom. The Balaban J connectivity index is 2.08. The molecule has 0 saturated heterocycles. The van der Waals surface area contributed by atoms with Gasteiger partial charge >= 0.3 is 0 Å². The maximum absolute atomic E-state index is 13.7. The first-order chi connectivity index (χ1) is 11.5. The fourth-order valence-electron chi connectivity index (χ4n) is 2.16. The Morgan fingerprint density at radius 3 is 2.46 bits per heavy atom. The maximum Gasteiger partial charge on any atom is 0.254 e. The zero-order chi connectivity index (χ0) is 17.5. The molecule has 4 nitrogen and oxygen atoms in total. The number of amides is 1. The summed E-state index contributed by atoms with van der Waals surface area (Å²) in [5.74, 6) is 0.111. The van der Waals surface area contributed by atoms with Gasteiger partial charge in [-0.05, 0) is 49.7 Å². The Hall–Kier alpha value is -2.27. The normalized spacial score (nSPS) is 10.3. The number of ether oxygens (including phenoxy) is 2. The minimum Gasteiger partial charge on any atom is -0.490 e. The van der Waals surface area contributed by atoms with Gasteiger partial charge in [0.1, 0.15) is 5.82 Å². The first-order valence-electron chi connectivity index (χ1n) is 7.67. The molecule has 6 heteroatoms. The summed E-state index contributed by atoms with van der Waals surface area (Å²) in [7, 11) is 0. The molecule has 0 aromatic heterocycles. The van der Waals surface area contributed by atoms with Gasteiger partial charge in [-0.15, -0.1) is 0 Å². The molecule has 2 aromatic carbocycles. The quantitative estimate of drug-likeness (QED) is 0.813. The molecule has 2 rings (SSSR count). The summed E-state index contributed by atoms with van der Waals surface area (Å²) in [6.07, 6.45) is 0. The van der Waals surface area contributed by atoms with Crippen LogP contribution in [0.4, 0.5) is 4.39 Å². The highest BCUT2D eigenvalue weighted by Crippen LogP contribution is 2.28. The fourth-order valence-corrected chi connectivity index (χ4v) is 2.32. The first-order valence-corrected chi connectivity index (χ1v) is 8.04. The number of rotatable bonds is 7. The molecule has 128 valence electrons. The van der Waals surface area contributed by atoms with Crippen molar-refractivity contribution in [2.24, 2.45) is 0 Å². The summed E-state index contributed by atoms with van der Waals surface area (Å²) in [5, 5.41) is 2.93. The van der Waals surface area contributed by atoms with E-state index in [2.05, 4.69) is 5.32 Å². The van der Waals surface area contributed by atoms with Crippen molar-refractivity contribution >= 4 is 17.5 Å². The van der Waals surface area contributed by atoms with Crippen LogP contribution < -0.4 is 14.8 Å². The Kier molecular flexibility index (Phi) is 6.44. The molecule has 0 heterocycles. The van der Waals surface area contributed by atoms with Gasteiger partial charge in [0, 0.05) is 11.6 Å². The van der Waals surface area contributed by atoms with E-state index in [1.807, 2.05) is 19.9 Å². The largest absolute Gasteiger partial charge is 0.490 e. The van der Waals surface area contributed by atoms with Gasteiger partial charge in [-0.1, -0.05) is 17.7 Å². The lowest BCUT2D eigenvalue weighted by molar-refractivity contribution is 0.0947. The molecule has 0 aliphatic carbocycles. The van der Waals surface area contributed by atoms with Gasteiger partial charge in [0.2, 0.25) is 0 Å². The minimum absolute atomic E-state index is 0.0460. The number of nitrogens with one attached hydrogen (secondary N) is 1. The zero-order valence-corrected chi connectivity index (χ0v) is 14.3. The Labute approximate surface area is 145 Å². The van der Waals surface area contributed by atoms with E-state index >= 15 is 0 Å².